The van der Waals surface area contributed by atoms with Gasteiger partial charge in [-0.25, -0.2) is 4.79 Å². The molecule has 28 heavy (non-hydrogen) atoms. The molecule has 3 rings (SSSR count). The molecule has 1 aliphatic heterocycles. The number of quaternary nitrogens is 1. The zero-order valence-electron chi connectivity index (χ0n) is 16.0. The van der Waals surface area contributed by atoms with Gasteiger partial charge in [0, 0.05) is 5.69 Å². The Bertz CT molecular complexity index is 772. The molecular formula is C21H26N3O4+. The molecule has 1 heterocycles. The average molecular weight is 384 g/mol. The molecule has 7 heteroatoms. The van der Waals surface area contributed by atoms with E-state index in [9.17, 15) is 9.59 Å². The maximum Gasteiger partial charge on any atom is 0.410 e. The van der Waals surface area contributed by atoms with E-state index in [1.54, 1.807) is 11.8 Å². The van der Waals surface area contributed by atoms with Gasteiger partial charge >= 0.3 is 6.09 Å². The number of amides is 2. The highest BCUT2D eigenvalue weighted by Gasteiger charge is 2.25. The van der Waals surface area contributed by atoms with Crippen LogP contribution < -0.4 is 15.0 Å². The van der Waals surface area contributed by atoms with Crippen molar-refractivity contribution in [1.29, 1.82) is 0 Å². The number of anilines is 1. The van der Waals surface area contributed by atoms with Crippen molar-refractivity contribution in [1.82, 2.24) is 4.90 Å². The van der Waals surface area contributed by atoms with Crippen molar-refractivity contribution in [2.45, 2.75) is 6.92 Å². The minimum absolute atomic E-state index is 0.0451. The summed E-state index contributed by atoms with van der Waals surface area (Å²) in [5, 5.41) is 2.91. The van der Waals surface area contributed by atoms with Crippen molar-refractivity contribution < 1.29 is 24.0 Å². The third-order valence-corrected chi connectivity index (χ3v) is 4.52. The highest BCUT2D eigenvalue weighted by atomic mass is 16.6. The fourth-order valence-electron chi connectivity index (χ4n) is 3.06. The third-order valence-electron chi connectivity index (χ3n) is 4.52. The Labute approximate surface area is 164 Å². The van der Waals surface area contributed by atoms with Gasteiger partial charge in [0.2, 0.25) is 0 Å². The molecule has 1 fully saturated rings. The zero-order chi connectivity index (χ0) is 19.8. The second-order valence-electron chi connectivity index (χ2n) is 6.60. The molecule has 0 radical (unpaired) electrons. The lowest BCUT2D eigenvalue weighted by Gasteiger charge is -2.31. The minimum atomic E-state index is -0.274. The van der Waals surface area contributed by atoms with E-state index in [2.05, 4.69) is 5.32 Å². The Hall–Kier alpha value is -3.06. The first kappa shape index (κ1) is 19.7. The summed E-state index contributed by atoms with van der Waals surface area (Å²) in [5.41, 5.74) is 0.731. The van der Waals surface area contributed by atoms with Crippen LogP contribution in [0.25, 0.3) is 0 Å². The molecule has 0 spiro atoms. The maximum absolute atomic E-state index is 12.3. The Morgan fingerprint density at radius 3 is 2.29 bits per heavy atom. The number of benzene rings is 2. The van der Waals surface area contributed by atoms with Gasteiger partial charge < -0.3 is 19.7 Å². The maximum atomic E-state index is 12.3. The molecule has 2 aromatic carbocycles. The first-order chi connectivity index (χ1) is 13.6. The number of hydrogen-bond acceptors (Lipinski definition) is 4. The molecule has 0 aromatic heterocycles. The largest absolute Gasteiger partial charge is 0.457 e. The predicted octanol–water partition coefficient (Wildman–Crippen LogP) is 1.77. The lowest BCUT2D eigenvalue weighted by atomic mass is 10.3. The Morgan fingerprint density at radius 2 is 1.64 bits per heavy atom. The van der Waals surface area contributed by atoms with Gasteiger partial charge in [0.05, 0.1) is 32.8 Å². The van der Waals surface area contributed by atoms with Crippen molar-refractivity contribution >= 4 is 17.7 Å². The van der Waals surface area contributed by atoms with E-state index >= 15 is 0 Å². The first-order valence-electron chi connectivity index (χ1n) is 9.52. The SMILES string of the molecule is CCOC(=O)N1CC[NH+](CC(=O)Nc2ccc(Oc3ccccc3)cc2)CC1. The fraction of sp³-hybridized carbons (Fsp3) is 0.333. The average Bonchev–Trinajstić information content (AvgIpc) is 2.71. The lowest BCUT2D eigenvalue weighted by Crippen LogP contribution is -3.15. The number of rotatable bonds is 6. The molecule has 0 atom stereocenters. The number of nitrogens with one attached hydrogen (secondary N) is 2. The predicted molar refractivity (Wildman–Crippen MR) is 106 cm³/mol. The summed E-state index contributed by atoms with van der Waals surface area (Å²) < 4.78 is 10.8. The molecule has 148 valence electrons. The third kappa shape index (κ3) is 5.72. The second kappa shape index (κ2) is 9.75. The number of carbonyl (C=O) groups is 2. The summed E-state index contributed by atoms with van der Waals surface area (Å²) >= 11 is 0. The van der Waals surface area contributed by atoms with Crippen molar-refractivity contribution in [2.75, 3.05) is 44.6 Å². The van der Waals surface area contributed by atoms with E-state index in [1.165, 1.54) is 0 Å². The summed E-state index contributed by atoms with van der Waals surface area (Å²) in [6, 6.07) is 16.8. The van der Waals surface area contributed by atoms with Gasteiger partial charge in [-0.15, -0.1) is 0 Å². The topological polar surface area (TPSA) is 72.3 Å². The van der Waals surface area contributed by atoms with Gasteiger partial charge in [-0.3, -0.25) is 9.69 Å². The number of para-hydroxylation sites is 1. The number of ether oxygens (including phenoxy) is 2. The van der Waals surface area contributed by atoms with Crippen LogP contribution in [0, 0.1) is 0 Å². The quantitative estimate of drug-likeness (QED) is 0.796. The fourth-order valence-corrected chi connectivity index (χ4v) is 3.06. The van der Waals surface area contributed by atoms with E-state index in [-0.39, 0.29) is 12.0 Å². The molecule has 0 bridgehead atoms. The van der Waals surface area contributed by atoms with Crippen LogP contribution in [-0.2, 0) is 9.53 Å². The summed E-state index contributed by atoms with van der Waals surface area (Å²) in [7, 11) is 0. The molecule has 0 unspecified atom stereocenters. The van der Waals surface area contributed by atoms with Crippen LogP contribution in [0.1, 0.15) is 6.92 Å². The van der Waals surface area contributed by atoms with E-state index < -0.39 is 0 Å². The van der Waals surface area contributed by atoms with Crippen molar-refractivity contribution in [3.05, 3.63) is 54.6 Å². The van der Waals surface area contributed by atoms with Crippen LogP contribution in [0.4, 0.5) is 10.5 Å². The monoisotopic (exact) mass is 384 g/mol. The van der Waals surface area contributed by atoms with Crippen LogP contribution in [0.5, 0.6) is 11.5 Å². The normalized spacial score (nSPS) is 14.4. The molecule has 0 saturated carbocycles. The summed E-state index contributed by atoms with van der Waals surface area (Å²) in [6.07, 6.45) is -0.274. The molecule has 0 aliphatic carbocycles. The summed E-state index contributed by atoms with van der Waals surface area (Å²) in [5.74, 6) is 1.44. The van der Waals surface area contributed by atoms with Gasteiger partial charge in [0.25, 0.3) is 5.91 Å². The molecule has 2 aromatic rings. The van der Waals surface area contributed by atoms with Crippen LogP contribution in [0.2, 0.25) is 0 Å². The zero-order valence-corrected chi connectivity index (χ0v) is 16.0. The molecule has 2 amide bonds. The van der Waals surface area contributed by atoms with E-state index in [1.807, 2.05) is 54.6 Å². The highest BCUT2D eigenvalue weighted by molar-refractivity contribution is 5.91. The summed E-state index contributed by atoms with van der Waals surface area (Å²) in [6.45, 7) is 5.22. The number of nitrogens with zero attached hydrogens (tertiary/aromatic N) is 1. The summed E-state index contributed by atoms with van der Waals surface area (Å²) in [4.78, 5) is 26.9. The molecular weight excluding hydrogens is 358 g/mol. The molecule has 1 aliphatic rings. The molecule has 1 saturated heterocycles. The second-order valence-corrected chi connectivity index (χ2v) is 6.60. The Morgan fingerprint density at radius 1 is 1.00 bits per heavy atom. The van der Waals surface area contributed by atoms with Crippen molar-refractivity contribution in [2.24, 2.45) is 0 Å². The van der Waals surface area contributed by atoms with Gasteiger partial charge in [-0.2, -0.15) is 0 Å². The standard InChI is InChI=1S/C21H25N3O4/c1-2-27-21(26)24-14-12-23(13-15-24)16-20(25)22-17-8-10-19(11-9-17)28-18-6-4-3-5-7-18/h3-11H,2,12-16H2,1H3,(H,22,25)/p+1. The van der Waals surface area contributed by atoms with Crippen molar-refractivity contribution in [3.63, 3.8) is 0 Å². The van der Waals surface area contributed by atoms with Gasteiger partial charge in [-0.05, 0) is 43.3 Å². The van der Waals surface area contributed by atoms with Crippen molar-refractivity contribution in [3.8, 4) is 11.5 Å². The highest BCUT2D eigenvalue weighted by Crippen LogP contribution is 2.22. The van der Waals surface area contributed by atoms with Crippen LogP contribution in [0.3, 0.4) is 0 Å². The lowest BCUT2D eigenvalue weighted by molar-refractivity contribution is -0.895. The smallest absolute Gasteiger partial charge is 0.410 e. The van der Waals surface area contributed by atoms with Crippen LogP contribution in [0.15, 0.2) is 54.6 Å². The Balaban J connectivity index is 1.43. The minimum Gasteiger partial charge on any atom is -0.457 e. The van der Waals surface area contributed by atoms with E-state index in [0.29, 0.717) is 32.0 Å². The number of carbonyl (C=O) groups excluding carboxylic acids is 2. The molecule has 2 N–H and O–H groups in total. The van der Waals surface area contributed by atoms with Gasteiger partial charge in [-0.1, -0.05) is 18.2 Å². The van der Waals surface area contributed by atoms with Crippen LogP contribution >= 0.6 is 0 Å². The van der Waals surface area contributed by atoms with E-state index in [0.717, 1.165) is 29.4 Å². The first-order valence-corrected chi connectivity index (χ1v) is 9.52. The van der Waals surface area contributed by atoms with Crippen LogP contribution in [-0.4, -0.2) is 56.2 Å². The number of piperazine rings is 1. The van der Waals surface area contributed by atoms with Gasteiger partial charge in [0.1, 0.15) is 11.5 Å². The van der Waals surface area contributed by atoms with Gasteiger partial charge in [0.15, 0.2) is 6.54 Å². The van der Waals surface area contributed by atoms with E-state index in [4.69, 9.17) is 9.47 Å². The Kier molecular flexibility index (Phi) is 6.86. The number of hydrogen-bond donors (Lipinski definition) is 2. The molecule has 7 nitrogen and oxygen atoms in total.